The highest BCUT2D eigenvalue weighted by atomic mass is 16.6. The van der Waals surface area contributed by atoms with Gasteiger partial charge in [0.1, 0.15) is 23.8 Å². The lowest BCUT2D eigenvalue weighted by atomic mass is 10.1. The zero-order valence-corrected chi connectivity index (χ0v) is 15.7. The van der Waals surface area contributed by atoms with Crippen LogP contribution >= 0.6 is 0 Å². The van der Waals surface area contributed by atoms with Gasteiger partial charge in [0.25, 0.3) is 0 Å². The number of fused-ring (bicyclic) bond motifs is 1. The molecule has 29 heavy (non-hydrogen) atoms. The van der Waals surface area contributed by atoms with E-state index in [-0.39, 0.29) is 18.4 Å². The van der Waals surface area contributed by atoms with Gasteiger partial charge in [0.05, 0.1) is 19.3 Å². The first-order chi connectivity index (χ1) is 14.1. The molecule has 12 heteroatoms. The van der Waals surface area contributed by atoms with Crippen LogP contribution in [0.25, 0.3) is 11.2 Å². The van der Waals surface area contributed by atoms with Crippen LogP contribution < -0.4 is 11.5 Å². The summed E-state index contributed by atoms with van der Waals surface area (Å²) in [5.41, 5.74) is 12.2. The van der Waals surface area contributed by atoms with Gasteiger partial charge in [0.2, 0.25) is 5.95 Å². The van der Waals surface area contributed by atoms with Gasteiger partial charge in [0, 0.05) is 25.5 Å². The molecule has 6 N–H and O–H groups in total. The minimum atomic E-state index is -1.03. The van der Waals surface area contributed by atoms with E-state index in [1.54, 1.807) is 12.5 Å². The number of hydrogen-bond donors (Lipinski definition) is 4. The van der Waals surface area contributed by atoms with Gasteiger partial charge in [-0.25, -0.2) is 9.97 Å². The van der Waals surface area contributed by atoms with Gasteiger partial charge in [0.15, 0.2) is 17.7 Å². The molecule has 0 aliphatic carbocycles. The molecule has 1 fully saturated rings. The molecule has 4 heterocycles. The average Bonchev–Trinajstić information content (AvgIpc) is 3.41. The molecule has 4 atom stereocenters. The third-order valence-corrected chi connectivity index (χ3v) is 4.91. The number of aliphatic hydroxyl groups excluding tert-OH is 2. The Balaban J connectivity index is 1.41. The van der Waals surface area contributed by atoms with Crippen molar-refractivity contribution in [1.82, 2.24) is 29.1 Å². The molecule has 3 aromatic heterocycles. The van der Waals surface area contributed by atoms with Crippen LogP contribution in [0.2, 0.25) is 0 Å². The summed E-state index contributed by atoms with van der Waals surface area (Å²) in [7, 11) is 0. The van der Waals surface area contributed by atoms with E-state index in [0.29, 0.717) is 17.8 Å². The number of aliphatic hydroxyl groups is 2. The molecule has 4 rings (SSSR count). The van der Waals surface area contributed by atoms with Crippen molar-refractivity contribution in [2.45, 2.75) is 43.9 Å². The first-order valence-electron chi connectivity index (χ1n) is 9.35. The summed E-state index contributed by atoms with van der Waals surface area (Å²) in [6, 6.07) is 0. The molecule has 1 aliphatic rings. The summed E-state index contributed by atoms with van der Waals surface area (Å²) in [6.45, 7) is 0.970. The average molecular weight is 404 g/mol. The number of nitrogen functional groups attached to an aromatic ring is 2. The first kappa shape index (κ1) is 19.5. The molecular weight excluding hydrogens is 380 g/mol. The van der Waals surface area contributed by atoms with Gasteiger partial charge in [-0.1, -0.05) is 0 Å². The molecule has 156 valence electrons. The lowest BCUT2D eigenvalue weighted by Crippen LogP contribution is -2.36. The van der Waals surface area contributed by atoms with Crippen LogP contribution in [0.15, 0.2) is 25.0 Å². The van der Waals surface area contributed by atoms with Gasteiger partial charge in [-0.05, 0) is 12.8 Å². The minimum absolute atomic E-state index is 0.00589. The van der Waals surface area contributed by atoms with Crippen LogP contribution in [0, 0.1) is 0 Å². The molecule has 1 aliphatic heterocycles. The molecule has 0 bridgehead atoms. The van der Waals surface area contributed by atoms with E-state index in [0.717, 1.165) is 19.4 Å². The predicted molar refractivity (Wildman–Crippen MR) is 102 cm³/mol. The van der Waals surface area contributed by atoms with Crippen molar-refractivity contribution in [3.63, 3.8) is 0 Å². The van der Waals surface area contributed by atoms with Crippen molar-refractivity contribution in [3.8, 4) is 0 Å². The van der Waals surface area contributed by atoms with E-state index < -0.39 is 24.5 Å². The van der Waals surface area contributed by atoms with E-state index in [1.165, 1.54) is 10.9 Å². The summed E-state index contributed by atoms with van der Waals surface area (Å²) in [5.74, 6) is 0.136. The van der Waals surface area contributed by atoms with Crippen LogP contribution in [0.4, 0.5) is 11.8 Å². The third-order valence-electron chi connectivity index (χ3n) is 4.91. The maximum Gasteiger partial charge on any atom is 0.224 e. The molecule has 0 amide bonds. The minimum Gasteiger partial charge on any atom is -0.394 e. The highest BCUT2D eigenvalue weighted by Gasteiger charge is 2.45. The summed E-state index contributed by atoms with van der Waals surface area (Å²) in [6.07, 6.45) is 5.29. The van der Waals surface area contributed by atoms with Gasteiger partial charge in [-0.3, -0.25) is 4.57 Å². The molecular formula is C17H24N8O4. The number of imidazole rings is 2. The van der Waals surface area contributed by atoms with Crippen LogP contribution in [0.5, 0.6) is 0 Å². The Morgan fingerprint density at radius 3 is 2.83 bits per heavy atom. The molecule has 0 radical (unpaired) electrons. The topological polar surface area (TPSA) is 172 Å². The highest BCUT2D eigenvalue weighted by Crippen LogP contribution is 2.33. The Morgan fingerprint density at radius 1 is 1.21 bits per heavy atom. The van der Waals surface area contributed by atoms with Crippen molar-refractivity contribution < 1.29 is 19.7 Å². The molecule has 12 nitrogen and oxygen atoms in total. The monoisotopic (exact) mass is 404 g/mol. The standard InChI is InChI=1S/C17H24N8O4/c18-14-11-15(23-17(19)22-14)25(9-21-11)16-12(27)13(10(7-26)29-16)28-6-2-1-4-24-5-3-20-8-24/h3,5,8-10,12-13,16,26-27H,1-2,4,6-7H2,(H4,18,19,22,23)/t10-,12?,13?,16-/m1/s1. The Labute approximate surface area is 166 Å². The fourth-order valence-corrected chi connectivity index (χ4v) is 3.48. The fraction of sp³-hybridized carbons (Fsp3) is 0.529. The molecule has 0 aromatic carbocycles. The second kappa shape index (κ2) is 8.29. The number of nitrogens with two attached hydrogens (primary N) is 2. The van der Waals surface area contributed by atoms with Crippen molar-refractivity contribution in [2.24, 2.45) is 0 Å². The van der Waals surface area contributed by atoms with Gasteiger partial charge < -0.3 is 35.7 Å². The Kier molecular flexibility index (Phi) is 5.58. The number of rotatable bonds is 8. The summed E-state index contributed by atoms with van der Waals surface area (Å²) in [4.78, 5) is 16.2. The lowest BCUT2D eigenvalue weighted by Gasteiger charge is -2.20. The number of aromatic nitrogens is 6. The number of ether oxygens (including phenoxy) is 2. The molecule has 2 unspecified atom stereocenters. The lowest BCUT2D eigenvalue weighted by molar-refractivity contribution is -0.0609. The number of unbranched alkanes of at least 4 members (excludes halogenated alkanes) is 1. The van der Waals surface area contributed by atoms with Gasteiger partial charge in [-0.15, -0.1) is 0 Å². The molecule has 3 aromatic rings. The normalized spacial score (nSPS) is 24.5. The van der Waals surface area contributed by atoms with E-state index in [9.17, 15) is 10.2 Å². The summed E-state index contributed by atoms with van der Waals surface area (Å²) < 4.78 is 15.2. The smallest absolute Gasteiger partial charge is 0.224 e. The Bertz CT molecular complexity index is 946. The number of aryl methyl sites for hydroxylation is 1. The van der Waals surface area contributed by atoms with Crippen LogP contribution in [0.1, 0.15) is 19.1 Å². The van der Waals surface area contributed by atoms with Crippen molar-refractivity contribution in [3.05, 3.63) is 25.0 Å². The first-order valence-corrected chi connectivity index (χ1v) is 9.35. The van der Waals surface area contributed by atoms with Crippen LogP contribution in [-0.4, -0.2) is 70.8 Å². The van der Waals surface area contributed by atoms with Gasteiger partial charge in [-0.2, -0.15) is 9.97 Å². The summed E-state index contributed by atoms with van der Waals surface area (Å²) >= 11 is 0. The van der Waals surface area contributed by atoms with E-state index in [4.69, 9.17) is 20.9 Å². The fourth-order valence-electron chi connectivity index (χ4n) is 3.48. The van der Waals surface area contributed by atoms with Gasteiger partial charge >= 0.3 is 0 Å². The molecule has 0 saturated carbocycles. The van der Waals surface area contributed by atoms with E-state index in [2.05, 4.69) is 19.9 Å². The van der Waals surface area contributed by atoms with Crippen molar-refractivity contribution in [1.29, 1.82) is 0 Å². The second-order valence-corrected chi connectivity index (χ2v) is 6.87. The zero-order valence-electron chi connectivity index (χ0n) is 15.7. The maximum absolute atomic E-state index is 10.8. The second-order valence-electron chi connectivity index (χ2n) is 6.87. The Morgan fingerprint density at radius 2 is 2.07 bits per heavy atom. The largest absolute Gasteiger partial charge is 0.394 e. The third kappa shape index (κ3) is 3.87. The highest BCUT2D eigenvalue weighted by molar-refractivity contribution is 5.82. The zero-order chi connectivity index (χ0) is 20.4. The molecule has 1 saturated heterocycles. The van der Waals surface area contributed by atoms with Crippen molar-refractivity contribution in [2.75, 3.05) is 24.7 Å². The van der Waals surface area contributed by atoms with Crippen molar-refractivity contribution >= 4 is 22.9 Å². The quantitative estimate of drug-likeness (QED) is 0.352. The predicted octanol–water partition coefficient (Wildman–Crippen LogP) is -0.697. The summed E-state index contributed by atoms with van der Waals surface area (Å²) in [5, 5.41) is 20.5. The van der Waals surface area contributed by atoms with Crippen LogP contribution in [0.3, 0.4) is 0 Å². The van der Waals surface area contributed by atoms with Crippen LogP contribution in [-0.2, 0) is 16.0 Å². The SMILES string of the molecule is Nc1nc(N)c2ncn([C@@H]3O[C@H](CO)C(OCCCCn4ccnc4)C3O)c2n1. The van der Waals surface area contributed by atoms with E-state index in [1.807, 2.05) is 10.8 Å². The van der Waals surface area contributed by atoms with E-state index >= 15 is 0 Å². The Hall–Kier alpha value is -2.80. The maximum atomic E-state index is 10.8. The molecule has 0 spiro atoms. The number of nitrogens with zero attached hydrogens (tertiary/aromatic N) is 6. The number of anilines is 2. The number of hydrogen-bond acceptors (Lipinski definition) is 10.